The van der Waals surface area contributed by atoms with Crippen LogP contribution in [0.3, 0.4) is 0 Å². The van der Waals surface area contributed by atoms with Crippen molar-refractivity contribution < 1.29 is 13.2 Å². The third-order valence-corrected chi connectivity index (χ3v) is 7.56. The highest BCUT2D eigenvalue weighted by Gasteiger charge is 2.19. The number of carbonyl (C=O) groups is 1. The molecular formula is C28H34N2O3S. The van der Waals surface area contributed by atoms with Crippen molar-refractivity contribution in [2.45, 2.75) is 54.1 Å². The monoisotopic (exact) mass is 478 g/mol. The van der Waals surface area contributed by atoms with E-state index in [0.717, 1.165) is 27.8 Å². The maximum absolute atomic E-state index is 12.9. The number of hydrogen-bond donors (Lipinski definition) is 1. The van der Waals surface area contributed by atoms with Crippen molar-refractivity contribution in [2.24, 2.45) is 0 Å². The van der Waals surface area contributed by atoms with Gasteiger partial charge in [-0.25, -0.2) is 8.42 Å². The van der Waals surface area contributed by atoms with Gasteiger partial charge in [0.25, 0.3) is 5.91 Å². The predicted molar refractivity (Wildman–Crippen MR) is 140 cm³/mol. The zero-order valence-electron chi connectivity index (χ0n) is 21.1. The summed E-state index contributed by atoms with van der Waals surface area (Å²) in [5.74, 6) is -0.161. The Morgan fingerprint density at radius 1 is 0.824 bits per heavy atom. The lowest BCUT2D eigenvalue weighted by Crippen LogP contribution is -2.29. The molecule has 0 bridgehead atoms. The van der Waals surface area contributed by atoms with Crippen LogP contribution in [-0.2, 0) is 16.6 Å². The number of anilines is 1. The molecule has 3 aromatic rings. The number of nitrogens with zero attached hydrogens (tertiary/aromatic N) is 1. The van der Waals surface area contributed by atoms with E-state index in [1.807, 2.05) is 39.0 Å². The van der Waals surface area contributed by atoms with Crippen molar-refractivity contribution in [2.75, 3.05) is 10.6 Å². The average Bonchev–Trinajstić information content (AvgIpc) is 2.76. The van der Waals surface area contributed by atoms with E-state index in [2.05, 4.69) is 38.2 Å². The largest absolute Gasteiger partial charge is 0.346 e. The summed E-state index contributed by atoms with van der Waals surface area (Å²) < 4.78 is 26.4. The molecule has 0 aliphatic heterocycles. The lowest BCUT2D eigenvalue weighted by Gasteiger charge is -2.23. The molecule has 6 heteroatoms. The molecule has 0 aliphatic rings. The molecule has 0 fully saturated rings. The number of hydrogen-bond acceptors (Lipinski definition) is 3. The molecule has 0 spiro atoms. The summed E-state index contributed by atoms with van der Waals surface area (Å²) >= 11 is 0. The van der Waals surface area contributed by atoms with Crippen molar-refractivity contribution in [1.29, 1.82) is 0 Å². The molecule has 0 unspecified atom stereocenters. The molecule has 0 aliphatic carbocycles. The molecule has 3 rings (SSSR count). The van der Waals surface area contributed by atoms with Gasteiger partial charge in [0.2, 0.25) is 10.0 Å². The summed E-state index contributed by atoms with van der Waals surface area (Å²) in [4.78, 5) is 12.9. The van der Waals surface area contributed by atoms with Gasteiger partial charge in [-0.2, -0.15) is 0 Å². The zero-order chi connectivity index (χ0) is 25.2. The minimum atomic E-state index is -3.48. The van der Waals surface area contributed by atoms with Crippen molar-refractivity contribution in [3.05, 3.63) is 99.1 Å². The molecule has 0 aromatic heterocycles. The lowest BCUT2D eigenvalue weighted by atomic mass is 9.96. The molecule has 0 saturated heterocycles. The van der Waals surface area contributed by atoms with Crippen LogP contribution in [0.15, 0.2) is 54.6 Å². The number of aryl methyl sites for hydroxylation is 5. The van der Waals surface area contributed by atoms with Crippen LogP contribution in [0.4, 0.5) is 5.69 Å². The zero-order valence-corrected chi connectivity index (χ0v) is 21.9. The molecule has 34 heavy (non-hydrogen) atoms. The quantitative estimate of drug-likeness (QED) is 0.475. The van der Waals surface area contributed by atoms with Crippen LogP contribution in [0.1, 0.15) is 62.3 Å². The van der Waals surface area contributed by atoms with Gasteiger partial charge in [-0.1, -0.05) is 30.3 Å². The SMILES string of the molecule is Cc1ccc(N(Cc2ccc(C(=O)N[C@@H](C)c3cc(C)c(C)cc3C)cc2)S(C)(=O)=O)cc1C. The Bertz CT molecular complexity index is 1310. The summed E-state index contributed by atoms with van der Waals surface area (Å²) in [6.07, 6.45) is 1.21. The Morgan fingerprint density at radius 2 is 1.41 bits per heavy atom. The van der Waals surface area contributed by atoms with E-state index in [4.69, 9.17) is 0 Å². The molecule has 1 N–H and O–H groups in total. The van der Waals surface area contributed by atoms with Crippen LogP contribution in [0.25, 0.3) is 0 Å². The second kappa shape index (κ2) is 10.0. The second-order valence-electron chi connectivity index (χ2n) is 9.22. The highest BCUT2D eigenvalue weighted by molar-refractivity contribution is 7.92. The number of rotatable bonds is 7. The molecule has 0 saturated carbocycles. The van der Waals surface area contributed by atoms with Gasteiger partial charge in [-0.3, -0.25) is 9.10 Å². The van der Waals surface area contributed by atoms with Crippen LogP contribution in [-0.4, -0.2) is 20.6 Å². The molecule has 1 amide bonds. The van der Waals surface area contributed by atoms with E-state index in [0.29, 0.717) is 11.3 Å². The highest BCUT2D eigenvalue weighted by Crippen LogP contribution is 2.24. The molecule has 5 nitrogen and oxygen atoms in total. The van der Waals surface area contributed by atoms with Gasteiger partial charge in [0.1, 0.15) is 0 Å². The number of nitrogens with one attached hydrogen (secondary N) is 1. The summed E-state index contributed by atoms with van der Waals surface area (Å²) in [6.45, 7) is 12.4. The Labute approximate surface area is 203 Å². The first-order chi connectivity index (χ1) is 15.9. The molecule has 0 radical (unpaired) electrons. The number of benzene rings is 3. The summed E-state index contributed by atoms with van der Waals surface area (Å²) in [5.41, 5.74) is 8.80. The molecule has 0 heterocycles. The summed E-state index contributed by atoms with van der Waals surface area (Å²) in [5, 5.41) is 3.08. The first kappa shape index (κ1) is 25.5. The average molecular weight is 479 g/mol. The van der Waals surface area contributed by atoms with Crippen LogP contribution in [0, 0.1) is 34.6 Å². The third-order valence-electron chi connectivity index (χ3n) is 6.42. The molecular weight excluding hydrogens is 444 g/mol. The molecule has 1 atom stereocenters. The Hall–Kier alpha value is -3.12. The van der Waals surface area contributed by atoms with Crippen LogP contribution in [0.2, 0.25) is 0 Å². The Morgan fingerprint density at radius 3 is 2.00 bits per heavy atom. The maximum atomic E-state index is 12.9. The van der Waals surface area contributed by atoms with Crippen molar-refractivity contribution >= 4 is 21.6 Å². The van der Waals surface area contributed by atoms with Gasteiger partial charge in [0, 0.05) is 5.56 Å². The fourth-order valence-corrected chi connectivity index (χ4v) is 4.90. The van der Waals surface area contributed by atoms with Gasteiger partial charge in [-0.15, -0.1) is 0 Å². The van der Waals surface area contributed by atoms with Gasteiger partial charge < -0.3 is 5.32 Å². The summed E-state index contributed by atoms with van der Waals surface area (Å²) in [6, 6.07) is 16.9. The minimum absolute atomic E-state index is 0.128. The highest BCUT2D eigenvalue weighted by atomic mass is 32.2. The first-order valence-corrected chi connectivity index (χ1v) is 13.2. The minimum Gasteiger partial charge on any atom is -0.346 e. The van der Waals surface area contributed by atoms with Gasteiger partial charge >= 0.3 is 0 Å². The molecule has 3 aromatic carbocycles. The van der Waals surface area contributed by atoms with E-state index in [9.17, 15) is 13.2 Å². The fraction of sp³-hybridized carbons (Fsp3) is 0.321. The van der Waals surface area contributed by atoms with E-state index in [1.54, 1.807) is 24.3 Å². The number of sulfonamides is 1. The second-order valence-corrected chi connectivity index (χ2v) is 11.1. The smallest absolute Gasteiger partial charge is 0.251 e. The van der Waals surface area contributed by atoms with Crippen molar-refractivity contribution in [3.63, 3.8) is 0 Å². The van der Waals surface area contributed by atoms with E-state index in [-0.39, 0.29) is 18.5 Å². The molecule has 180 valence electrons. The first-order valence-electron chi connectivity index (χ1n) is 11.4. The van der Waals surface area contributed by atoms with E-state index < -0.39 is 10.0 Å². The lowest BCUT2D eigenvalue weighted by molar-refractivity contribution is 0.0939. The van der Waals surface area contributed by atoms with E-state index >= 15 is 0 Å². The normalized spacial score (nSPS) is 12.3. The van der Waals surface area contributed by atoms with Crippen LogP contribution in [0.5, 0.6) is 0 Å². The fourth-order valence-electron chi connectivity index (χ4n) is 4.02. The van der Waals surface area contributed by atoms with Gasteiger partial charge in [-0.05, 0) is 105 Å². The predicted octanol–water partition coefficient (Wildman–Crippen LogP) is 5.69. The van der Waals surface area contributed by atoms with Crippen LogP contribution >= 0.6 is 0 Å². The van der Waals surface area contributed by atoms with Crippen molar-refractivity contribution in [1.82, 2.24) is 5.32 Å². The van der Waals surface area contributed by atoms with Crippen molar-refractivity contribution in [3.8, 4) is 0 Å². The Kier molecular flexibility index (Phi) is 7.51. The van der Waals surface area contributed by atoms with Gasteiger partial charge in [0.15, 0.2) is 0 Å². The maximum Gasteiger partial charge on any atom is 0.251 e. The van der Waals surface area contributed by atoms with E-state index in [1.165, 1.54) is 21.7 Å². The summed E-state index contributed by atoms with van der Waals surface area (Å²) in [7, 11) is -3.48. The van der Waals surface area contributed by atoms with Gasteiger partial charge in [0.05, 0.1) is 24.5 Å². The van der Waals surface area contributed by atoms with Crippen LogP contribution < -0.4 is 9.62 Å². The number of amides is 1. The Balaban J connectivity index is 1.76. The number of carbonyl (C=O) groups excluding carboxylic acids is 1. The third kappa shape index (κ3) is 5.86. The topological polar surface area (TPSA) is 66.5 Å². The standard InChI is InChI=1S/C28H34N2O3S/c1-18-8-13-26(15-20(18)3)30(34(7,32)33)17-24-9-11-25(12-10-24)28(31)29-23(6)27-16-21(4)19(2)14-22(27)5/h8-16,23H,17H2,1-7H3,(H,29,31)/t23-/m0/s1.